The van der Waals surface area contributed by atoms with Crippen molar-refractivity contribution in [1.82, 2.24) is 20.2 Å². The number of carboxylic acid groups (broad SMARTS) is 1. The normalized spacial score (nSPS) is 15.9. The Morgan fingerprint density at radius 1 is 1.20 bits per heavy atom. The number of hydrogen-bond donors (Lipinski definition) is 3. The van der Waals surface area contributed by atoms with Gasteiger partial charge in [0.2, 0.25) is 5.91 Å². The number of carboxylic acids is 1. The number of aromatic nitrogens is 2. The number of H-pyrrole nitrogens is 1. The Hall–Kier alpha value is -3.60. The van der Waals surface area contributed by atoms with E-state index in [1.54, 1.807) is 7.11 Å². The number of halogens is 3. The number of fused-ring (bicyclic) bond motifs is 1. The van der Waals surface area contributed by atoms with Gasteiger partial charge in [0.15, 0.2) is 0 Å². The Kier molecular flexibility index (Phi) is 8.34. The van der Waals surface area contributed by atoms with Crippen LogP contribution in [0.2, 0.25) is 0 Å². The Morgan fingerprint density at radius 2 is 1.89 bits per heavy atom. The molecule has 3 N–H and O–H groups in total. The Morgan fingerprint density at radius 3 is 2.49 bits per heavy atom. The average Bonchev–Trinajstić information content (AvgIpc) is 3.27. The van der Waals surface area contributed by atoms with Gasteiger partial charge in [0.1, 0.15) is 11.6 Å². The Balaban J connectivity index is 0.000000429. The number of amides is 1. The predicted molar refractivity (Wildman–Crippen MR) is 123 cm³/mol. The molecule has 0 bridgehead atoms. The first-order valence-electron chi connectivity index (χ1n) is 11.0. The molecule has 0 spiro atoms. The van der Waals surface area contributed by atoms with Gasteiger partial charge >= 0.3 is 12.1 Å². The van der Waals surface area contributed by atoms with Gasteiger partial charge in [0, 0.05) is 38.5 Å². The van der Waals surface area contributed by atoms with E-state index in [1.807, 2.05) is 29.2 Å². The maximum atomic E-state index is 12.8. The summed E-state index contributed by atoms with van der Waals surface area (Å²) in [5.41, 5.74) is 4.35. The maximum absolute atomic E-state index is 12.8. The fourth-order valence-corrected chi connectivity index (χ4v) is 3.76. The highest BCUT2D eigenvalue weighted by atomic mass is 19.4. The zero-order chi connectivity index (χ0) is 25.6. The van der Waals surface area contributed by atoms with Gasteiger partial charge in [0.05, 0.1) is 18.1 Å². The number of para-hydroxylation sites is 1. The number of aryl methyl sites for hydroxylation is 2. The van der Waals surface area contributed by atoms with Crippen molar-refractivity contribution in [3.8, 4) is 5.75 Å². The minimum atomic E-state index is -5.08. The molecule has 188 valence electrons. The number of piperazine rings is 1. The number of aromatic amines is 1. The molecule has 0 aliphatic carbocycles. The van der Waals surface area contributed by atoms with E-state index in [9.17, 15) is 18.0 Å². The number of carbonyl (C=O) groups is 2. The highest BCUT2D eigenvalue weighted by molar-refractivity contribution is 5.79. The maximum Gasteiger partial charge on any atom is 0.490 e. The number of methoxy groups -OCH3 is 1. The molecule has 35 heavy (non-hydrogen) atoms. The lowest BCUT2D eigenvalue weighted by molar-refractivity contribution is -0.192. The molecule has 11 heteroatoms. The summed E-state index contributed by atoms with van der Waals surface area (Å²) >= 11 is 0. The molecule has 1 unspecified atom stereocenters. The van der Waals surface area contributed by atoms with Crippen molar-refractivity contribution in [1.29, 1.82) is 0 Å². The van der Waals surface area contributed by atoms with Crippen LogP contribution in [-0.2, 0) is 16.0 Å². The minimum Gasteiger partial charge on any atom is -0.497 e. The van der Waals surface area contributed by atoms with Crippen molar-refractivity contribution >= 4 is 22.9 Å². The standard InChI is InChI=1S/C22H26N4O2.C2HF3O2/c1-15-4-3-5-18-22(15)25-20(24-18)10-11-21(27)26-13-12-23-19(14-26)16-6-8-17(28-2)9-7-16;3-2(4,5)1(6)7/h3-9,19,23H,10-14H2,1-2H3,(H,24,25);(H,6,7). The summed E-state index contributed by atoms with van der Waals surface area (Å²) < 4.78 is 37.0. The number of hydrogen-bond acceptors (Lipinski definition) is 5. The zero-order valence-electron chi connectivity index (χ0n) is 19.4. The smallest absolute Gasteiger partial charge is 0.490 e. The van der Waals surface area contributed by atoms with Crippen LogP contribution in [0.4, 0.5) is 13.2 Å². The van der Waals surface area contributed by atoms with Crippen LogP contribution in [0.15, 0.2) is 42.5 Å². The van der Waals surface area contributed by atoms with Gasteiger partial charge < -0.3 is 25.0 Å². The van der Waals surface area contributed by atoms with Crippen LogP contribution in [-0.4, -0.2) is 64.8 Å². The molecule has 2 heterocycles. The second-order valence-electron chi connectivity index (χ2n) is 8.08. The average molecular weight is 492 g/mol. The molecule has 0 radical (unpaired) electrons. The van der Waals surface area contributed by atoms with Crippen molar-refractivity contribution in [2.75, 3.05) is 26.7 Å². The van der Waals surface area contributed by atoms with Crippen molar-refractivity contribution in [3.05, 3.63) is 59.4 Å². The van der Waals surface area contributed by atoms with Crippen molar-refractivity contribution in [3.63, 3.8) is 0 Å². The van der Waals surface area contributed by atoms with E-state index < -0.39 is 12.1 Å². The SMILES string of the molecule is COc1ccc(C2CN(C(=O)CCc3nc4c(C)cccc4[nH]3)CCN2)cc1.O=C(O)C(F)(F)F. The number of carbonyl (C=O) groups excluding carboxylic acids is 1. The molecule has 1 aliphatic heterocycles. The van der Waals surface area contributed by atoms with Crippen LogP contribution in [0.25, 0.3) is 11.0 Å². The number of nitrogens with zero attached hydrogens (tertiary/aromatic N) is 2. The molecule has 2 aromatic carbocycles. The van der Waals surface area contributed by atoms with E-state index in [0.717, 1.165) is 41.3 Å². The molecule has 3 aromatic rings. The summed E-state index contributed by atoms with van der Waals surface area (Å²) in [6.07, 6.45) is -3.99. The molecular weight excluding hydrogens is 465 g/mol. The molecule has 1 fully saturated rings. The summed E-state index contributed by atoms with van der Waals surface area (Å²) in [6, 6.07) is 14.3. The summed E-state index contributed by atoms with van der Waals surface area (Å²) in [6.45, 7) is 4.28. The predicted octanol–water partition coefficient (Wildman–Crippen LogP) is 3.62. The van der Waals surface area contributed by atoms with Gasteiger partial charge in [-0.25, -0.2) is 9.78 Å². The third kappa shape index (κ3) is 6.95. The van der Waals surface area contributed by atoms with E-state index in [1.165, 1.54) is 5.56 Å². The van der Waals surface area contributed by atoms with Crippen LogP contribution in [0.5, 0.6) is 5.75 Å². The van der Waals surface area contributed by atoms with E-state index in [-0.39, 0.29) is 11.9 Å². The quantitative estimate of drug-likeness (QED) is 0.502. The summed E-state index contributed by atoms with van der Waals surface area (Å²) in [5.74, 6) is -0.863. The zero-order valence-corrected chi connectivity index (χ0v) is 19.4. The van der Waals surface area contributed by atoms with E-state index in [2.05, 4.69) is 40.4 Å². The van der Waals surface area contributed by atoms with Gasteiger partial charge in [0.25, 0.3) is 0 Å². The number of nitrogens with one attached hydrogen (secondary N) is 2. The number of imidazole rings is 1. The number of alkyl halides is 3. The van der Waals surface area contributed by atoms with Crippen LogP contribution in [0.3, 0.4) is 0 Å². The minimum absolute atomic E-state index is 0.150. The van der Waals surface area contributed by atoms with Gasteiger partial charge in [-0.15, -0.1) is 0 Å². The van der Waals surface area contributed by atoms with Crippen molar-refractivity contribution in [2.24, 2.45) is 0 Å². The highest BCUT2D eigenvalue weighted by Gasteiger charge is 2.38. The van der Waals surface area contributed by atoms with E-state index in [4.69, 9.17) is 14.6 Å². The lowest BCUT2D eigenvalue weighted by Gasteiger charge is -2.34. The first-order valence-corrected chi connectivity index (χ1v) is 11.0. The van der Waals surface area contributed by atoms with E-state index in [0.29, 0.717) is 19.4 Å². The lowest BCUT2D eigenvalue weighted by atomic mass is 10.0. The number of aliphatic carboxylic acids is 1. The molecular formula is C24H27F3N4O4. The van der Waals surface area contributed by atoms with Gasteiger partial charge in [-0.3, -0.25) is 4.79 Å². The number of ether oxygens (including phenoxy) is 1. The monoisotopic (exact) mass is 492 g/mol. The van der Waals surface area contributed by atoms with Crippen LogP contribution in [0.1, 0.15) is 29.4 Å². The molecule has 1 aliphatic rings. The number of rotatable bonds is 5. The first-order chi connectivity index (χ1) is 16.6. The second-order valence-corrected chi connectivity index (χ2v) is 8.08. The third-order valence-corrected chi connectivity index (χ3v) is 5.63. The lowest BCUT2D eigenvalue weighted by Crippen LogP contribution is -2.48. The van der Waals surface area contributed by atoms with Gasteiger partial charge in [-0.05, 0) is 36.2 Å². The molecule has 4 rings (SSSR count). The molecule has 1 aromatic heterocycles. The second kappa shape index (κ2) is 11.2. The van der Waals surface area contributed by atoms with Crippen molar-refractivity contribution < 1.29 is 32.6 Å². The summed E-state index contributed by atoms with van der Waals surface area (Å²) in [5, 5.41) is 10.6. The number of benzene rings is 2. The van der Waals surface area contributed by atoms with Gasteiger partial charge in [-0.2, -0.15) is 13.2 Å². The molecule has 8 nitrogen and oxygen atoms in total. The molecule has 1 amide bonds. The summed E-state index contributed by atoms with van der Waals surface area (Å²) in [7, 11) is 1.66. The van der Waals surface area contributed by atoms with Crippen molar-refractivity contribution in [2.45, 2.75) is 32.0 Å². The molecule has 1 atom stereocenters. The Bertz CT molecular complexity index is 1160. The van der Waals surface area contributed by atoms with Crippen LogP contribution < -0.4 is 10.1 Å². The van der Waals surface area contributed by atoms with Gasteiger partial charge in [-0.1, -0.05) is 24.3 Å². The van der Waals surface area contributed by atoms with Crippen LogP contribution in [0, 0.1) is 6.92 Å². The molecule has 1 saturated heterocycles. The fourth-order valence-electron chi connectivity index (χ4n) is 3.76. The summed E-state index contributed by atoms with van der Waals surface area (Å²) in [4.78, 5) is 31.6. The highest BCUT2D eigenvalue weighted by Crippen LogP contribution is 2.21. The molecule has 0 saturated carbocycles. The Labute approximate surface area is 200 Å². The fraction of sp³-hybridized carbons (Fsp3) is 0.375. The van der Waals surface area contributed by atoms with E-state index >= 15 is 0 Å². The van der Waals surface area contributed by atoms with Crippen LogP contribution >= 0.6 is 0 Å². The largest absolute Gasteiger partial charge is 0.497 e. The first kappa shape index (κ1) is 26.0. The third-order valence-electron chi connectivity index (χ3n) is 5.63. The topological polar surface area (TPSA) is 108 Å².